The Hall–Kier alpha value is -2.29. The lowest BCUT2D eigenvalue weighted by Crippen LogP contribution is -2.12. The fourth-order valence-electron chi connectivity index (χ4n) is 1.86. The number of hydrogen-bond acceptors (Lipinski definition) is 3. The van der Waals surface area contributed by atoms with Crippen molar-refractivity contribution in [3.05, 3.63) is 46.7 Å². The molecular formula is C12H6F4N4S. The van der Waals surface area contributed by atoms with Crippen molar-refractivity contribution in [2.45, 2.75) is 6.18 Å². The van der Waals surface area contributed by atoms with Gasteiger partial charge in [0.25, 0.3) is 0 Å². The number of nitrogens with one attached hydrogen (secondary N) is 1. The summed E-state index contributed by atoms with van der Waals surface area (Å²) in [6.45, 7) is 0. The third-order valence-electron chi connectivity index (χ3n) is 2.77. The summed E-state index contributed by atoms with van der Waals surface area (Å²) in [7, 11) is 0. The van der Waals surface area contributed by atoms with Crippen LogP contribution in [0.1, 0.15) is 5.82 Å². The van der Waals surface area contributed by atoms with Gasteiger partial charge in [0.1, 0.15) is 16.1 Å². The van der Waals surface area contributed by atoms with Crippen LogP contribution in [0.2, 0.25) is 0 Å². The van der Waals surface area contributed by atoms with Crippen LogP contribution in [0.3, 0.4) is 0 Å². The predicted octanol–water partition coefficient (Wildman–Crippen LogP) is 3.64. The third kappa shape index (κ3) is 2.40. The Morgan fingerprint density at radius 3 is 2.67 bits per heavy atom. The zero-order valence-electron chi connectivity index (χ0n) is 10.1. The van der Waals surface area contributed by atoms with Crippen LogP contribution in [0.4, 0.5) is 17.6 Å². The summed E-state index contributed by atoms with van der Waals surface area (Å²) < 4.78 is 52.5. The van der Waals surface area contributed by atoms with E-state index >= 15 is 0 Å². The molecule has 4 nitrogen and oxygen atoms in total. The van der Waals surface area contributed by atoms with Gasteiger partial charge in [-0.25, -0.2) is 14.1 Å². The molecule has 1 aromatic carbocycles. The van der Waals surface area contributed by atoms with Crippen molar-refractivity contribution >= 4 is 23.3 Å². The van der Waals surface area contributed by atoms with Crippen LogP contribution >= 0.6 is 12.2 Å². The number of rotatable bonds is 1. The van der Waals surface area contributed by atoms with E-state index in [0.29, 0.717) is 0 Å². The first-order valence-corrected chi connectivity index (χ1v) is 6.08. The van der Waals surface area contributed by atoms with Gasteiger partial charge in [0, 0.05) is 0 Å². The normalized spacial score (nSPS) is 12.0. The molecular weight excluding hydrogens is 308 g/mol. The molecule has 108 valence electrons. The van der Waals surface area contributed by atoms with Gasteiger partial charge in [0.2, 0.25) is 5.82 Å². The molecule has 21 heavy (non-hydrogen) atoms. The maximum atomic E-state index is 13.2. The fourth-order valence-corrected chi connectivity index (χ4v) is 2.11. The number of H-pyrrole nitrogens is 1. The molecule has 0 atom stereocenters. The van der Waals surface area contributed by atoms with Gasteiger partial charge in [0.15, 0.2) is 0 Å². The number of hydrogen-bond donors (Lipinski definition) is 1. The summed E-state index contributed by atoms with van der Waals surface area (Å²) in [4.78, 5) is 5.45. The van der Waals surface area contributed by atoms with Crippen molar-refractivity contribution in [1.82, 2.24) is 19.7 Å². The highest BCUT2D eigenvalue weighted by Gasteiger charge is 2.34. The van der Waals surface area contributed by atoms with Gasteiger partial charge in [-0.15, -0.1) is 0 Å². The van der Waals surface area contributed by atoms with Crippen molar-refractivity contribution in [2.75, 3.05) is 0 Å². The molecule has 2 heterocycles. The summed E-state index contributed by atoms with van der Waals surface area (Å²) >= 11 is 4.84. The van der Waals surface area contributed by atoms with Gasteiger partial charge < -0.3 is 4.98 Å². The van der Waals surface area contributed by atoms with Gasteiger partial charge in [-0.3, -0.25) is 0 Å². The van der Waals surface area contributed by atoms with Crippen molar-refractivity contribution in [2.24, 2.45) is 0 Å². The molecule has 0 aliphatic rings. The monoisotopic (exact) mass is 314 g/mol. The third-order valence-corrected chi connectivity index (χ3v) is 3.08. The molecule has 3 rings (SSSR count). The molecule has 9 heteroatoms. The number of halogens is 4. The Morgan fingerprint density at radius 1 is 1.24 bits per heavy atom. The van der Waals surface area contributed by atoms with Crippen LogP contribution in [-0.4, -0.2) is 19.7 Å². The van der Waals surface area contributed by atoms with Crippen LogP contribution in [0.25, 0.3) is 16.7 Å². The van der Waals surface area contributed by atoms with E-state index in [1.807, 2.05) is 0 Å². The molecule has 0 aliphatic carbocycles. The second-order valence-electron chi connectivity index (χ2n) is 4.19. The van der Waals surface area contributed by atoms with Crippen molar-refractivity contribution in [1.29, 1.82) is 0 Å². The number of fused-ring (bicyclic) bond motifs is 1. The number of alkyl halides is 3. The van der Waals surface area contributed by atoms with Crippen LogP contribution in [0.15, 0.2) is 30.5 Å². The molecule has 3 aromatic rings. The number of benzene rings is 1. The molecule has 0 fully saturated rings. The standard InChI is InChI=1S/C12H6F4N4S/c13-6-2-1-3-7(4-6)20-9-8(5-17-20)10(21)19-11(18-9)12(14,15)16/h1-5H,(H,18,19,21). The van der Waals surface area contributed by atoms with Gasteiger partial charge in [-0.2, -0.15) is 18.3 Å². The average molecular weight is 314 g/mol. The first kappa shape index (κ1) is 13.7. The van der Waals surface area contributed by atoms with Gasteiger partial charge >= 0.3 is 6.18 Å². The van der Waals surface area contributed by atoms with Crippen molar-refractivity contribution in [3.63, 3.8) is 0 Å². The van der Waals surface area contributed by atoms with Crippen LogP contribution in [-0.2, 0) is 6.18 Å². The molecule has 0 spiro atoms. The van der Waals surface area contributed by atoms with Gasteiger partial charge in [-0.05, 0) is 18.2 Å². The lowest BCUT2D eigenvalue weighted by Gasteiger charge is -2.08. The van der Waals surface area contributed by atoms with Crippen molar-refractivity contribution in [3.8, 4) is 5.69 Å². The highest BCUT2D eigenvalue weighted by molar-refractivity contribution is 7.71. The minimum absolute atomic E-state index is 0.00734. The van der Waals surface area contributed by atoms with E-state index in [9.17, 15) is 17.6 Å². The van der Waals surface area contributed by atoms with E-state index in [1.54, 1.807) is 0 Å². The molecule has 0 aliphatic heterocycles. The zero-order chi connectivity index (χ0) is 15.2. The molecule has 0 radical (unpaired) electrons. The highest BCUT2D eigenvalue weighted by Crippen LogP contribution is 2.28. The zero-order valence-corrected chi connectivity index (χ0v) is 11.0. The van der Waals surface area contributed by atoms with E-state index in [-0.39, 0.29) is 21.4 Å². The molecule has 1 N–H and O–H groups in total. The SMILES string of the molecule is Fc1cccc(-n2ncc3c(=S)nc(C(F)(F)F)[nH]c32)c1. The summed E-state index contributed by atoms with van der Waals surface area (Å²) in [6.07, 6.45) is -3.38. The average Bonchev–Trinajstić information content (AvgIpc) is 2.82. The molecule has 0 amide bonds. The van der Waals surface area contributed by atoms with Crippen LogP contribution in [0, 0.1) is 10.5 Å². The molecule has 0 bridgehead atoms. The Labute approximate surface area is 120 Å². The summed E-state index contributed by atoms with van der Waals surface area (Å²) in [5.74, 6) is -1.75. The smallest absolute Gasteiger partial charge is 0.320 e. The predicted molar refractivity (Wildman–Crippen MR) is 69.0 cm³/mol. The Bertz CT molecular complexity index is 881. The molecule has 0 saturated heterocycles. The maximum absolute atomic E-state index is 13.2. The van der Waals surface area contributed by atoms with E-state index in [1.165, 1.54) is 24.4 Å². The van der Waals surface area contributed by atoms with E-state index in [2.05, 4.69) is 15.1 Å². The first-order valence-electron chi connectivity index (χ1n) is 5.67. The van der Waals surface area contributed by atoms with Gasteiger partial charge in [0.05, 0.1) is 17.3 Å². The Balaban J connectivity index is 2.31. The Morgan fingerprint density at radius 2 is 2.00 bits per heavy atom. The first-order chi connectivity index (χ1) is 9.86. The molecule has 0 unspecified atom stereocenters. The molecule has 2 aromatic heterocycles. The minimum atomic E-state index is -4.67. The topological polar surface area (TPSA) is 46.5 Å². The molecule has 0 saturated carbocycles. The lowest BCUT2D eigenvalue weighted by atomic mass is 10.3. The van der Waals surface area contributed by atoms with Gasteiger partial charge in [-0.1, -0.05) is 18.3 Å². The fraction of sp³-hybridized carbons (Fsp3) is 0.0833. The highest BCUT2D eigenvalue weighted by atomic mass is 32.1. The van der Waals surface area contributed by atoms with Crippen molar-refractivity contribution < 1.29 is 17.6 Å². The van der Waals surface area contributed by atoms with E-state index in [4.69, 9.17) is 12.2 Å². The largest absolute Gasteiger partial charge is 0.449 e. The second-order valence-corrected chi connectivity index (χ2v) is 4.57. The lowest BCUT2D eigenvalue weighted by molar-refractivity contribution is -0.144. The summed E-state index contributed by atoms with van der Waals surface area (Å²) in [5, 5.41) is 4.19. The van der Waals surface area contributed by atoms with E-state index < -0.39 is 17.8 Å². The minimum Gasteiger partial charge on any atom is -0.320 e. The maximum Gasteiger partial charge on any atom is 0.449 e. The van der Waals surface area contributed by atoms with Crippen LogP contribution in [0.5, 0.6) is 0 Å². The summed E-state index contributed by atoms with van der Waals surface area (Å²) in [5.41, 5.74) is 0.280. The number of aromatic nitrogens is 4. The van der Waals surface area contributed by atoms with E-state index in [0.717, 1.165) is 10.7 Å². The number of nitrogens with zero attached hydrogens (tertiary/aromatic N) is 3. The van der Waals surface area contributed by atoms with Crippen LogP contribution < -0.4 is 0 Å². The second kappa shape index (κ2) is 4.62. The Kier molecular flexibility index (Phi) is 3.01. The number of aromatic amines is 1. The quantitative estimate of drug-likeness (QED) is 0.551. The summed E-state index contributed by atoms with van der Waals surface area (Å²) in [6, 6.07) is 5.32.